The molecule has 2 rings (SSSR count). The molecule has 0 bridgehead atoms. The third-order valence-electron chi connectivity index (χ3n) is 1.94. The van der Waals surface area contributed by atoms with Crippen LogP contribution in [0, 0.1) is 0 Å². The number of ether oxygens (including phenoxy) is 2. The summed E-state index contributed by atoms with van der Waals surface area (Å²) in [6.07, 6.45) is 1.66. The summed E-state index contributed by atoms with van der Waals surface area (Å²) in [7, 11) is 1.48. The first-order valence-electron chi connectivity index (χ1n) is 4.63. The Hall–Kier alpha value is -1.10. The average molecular weight is 256 g/mol. The van der Waals surface area contributed by atoms with E-state index in [1.54, 1.807) is 6.20 Å². The van der Waals surface area contributed by atoms with E-state index in [1.807, 2.05) is 35.7 Å². The minimum atomic E-state index is -1.35. The van der Waals surface area contributed by atoms with Gasteiger partial charge in [0.1, 0.15) is 5.75 Å². The van der Waals surface area contributed by atoms with Crippen LogP contribution in [0.25, 0.3) is 0 Å². The zero-order valence-corrected chi connectivity index (χ0v) is 10.2. The fourth-order valence-electron chi connectivity index (χ4n) is 1.18. The van der Waals surface area contributed by atoms with Crippen LogP contribution in [-0.4, -0.2) is 12.1 Å². The van der Waals surface area contributed by atoms with Gasteiger partial charge >= 0.3 is 5.25 Å². The second-order valence-corrected chi connectivity index (χ2v) is 4.38. The van der Waals surface area contributed by atoms with Crippen molar-refractivity contribution in [3.8, 4) is 5.75 Å². The largest absolute Gasteiger partial charge is 0.443 e. The topological polar surface area (TPSA) is 31.4 Å². The maximum atomic E-state index is 6.23. The maximum Gasteiger partial charge on any atom is 0.345 e. The van der Waals surface area contributed by atoms with Crippen molar-refractivity contribution in [3.63, 3.8) is 0 Å². The molecule has 0 radical (unpaired) electrons. The molecule has 84 valence electrons. The first kappa shape index (κ1) is 11.4. The predicted octanol–water partition coefficient (Wildman–Crippen LogP) is 3.22. The molecule has 0 fully saturated rings. The van der Waals surface area contributed by atoms with Crippen LogP contribution >= 0.6 is 22.9 Å². The van der Waals surface area contributed by atoms with Crippen LogP contribution < -0.4 is 4.74 Å². The third kappa shape index (κ3) is 2.35. The number of thiazole rings is 1. The smallest absolute Gasteiger partial charge is 0.345 e. The van der Waals surface area contributed by atoms with Crippen LogP contribution in [0.4, 0.5) is 0 Å². The lowest BCUT2D eigenvalue weighted by molar-refractivity contribution is -0.0999. The molecule has 0 aliphatic rings. The van der Waals surface area contributed by atoms with E-state index in [1.165, 1.54) is 18.4 Å². The van der Waals surface area contributed by atoms with E-state index < -0.39 is 5.25 Å². The number of halogens is 1. The lowest BCUT2D eigenvalue weighted by atomic mass is 10.3. The van der Waals surface area contributed by atoms with Crippen LogP contribution in [0.1, 0.15) is 5.01 Å². The van der Waals surface area contributed by atoms with Gasteiger partial charge in [0.05, 0.1) is 0 Å². The molecule has 1 aromatic carbocycles. The fourth-order valence-corrected chi connectivity index (χ4v) is 2.09. The van der Waals surface area contributed by atoms with Crippen molar-refractivity contribution < 1.29 is 9.47 Å². The monoisotopic (exact) mass is 255 g/mol. The first-order valence-corrected chi connectivity index (χ1v) is 5.88. The van der Waals surface area contributed by atoms with Gasteiger partial charge in [0.25, 0.3) is 0 Å². The number of alkyl halides is 1. The van der Waals surface area contributed by atoms with E-state index in [0.29, 0.717) is 10.8 Å². The van der Waals surface area contributed by atoms with Gasteiger partial charge in [-0.05, 0) is 23.7 Å². The Morgan fingerprint density at radius 2 is 2.06 bits per heavy atom. The highest BCUT2D eigenvalue weighted by Crippen LogP contribution is 2.34. The number of benzene rings is 1. The summed E-state index contributed by atoms with van der Waals surface area (Å²) in [4.78, 5) is 4.09. The van der Waals surface area contributed by atoms with E-state index in [4.69, 9.17) is 21.1 Å². The highest BCUT2D eigenvalue weighted by molar-refractivity contribution is 7.09. The molecular weight excluding hydrogens is 246 g/mol. The zero-order chi connectivity index (χ0) is 11.4. The molecule has 0 amide bonds. The lowest BCUT2D eigenvalue weighted by Crippen LogP contribution is -2.28. The normalized spacial score (nSPS) is 14.4. The Morgan fingerprint density at radius 3 is 2.62 bits per heavy atom. The van der Waals surface area contributed by atoms with Crippen LogP contribution in [0.2, 0.25) is 0 Å². The molecule has 1 unspecified atom stereocenters. The molecule has 0 aliphatic carbocycles. The molecule has 0 spiro atoms. The highest BCUT2D eigenvalue weighted by atomic mass is 35.5. The summed E-state index contributed by atoms with van der Waals surface area (Å²) in [5, 5.41) is 1.04. The van der Waals surface area contributed by atoms with E-state index in [-0.39, 0.29) is 0 Å². The highest BCUT2D eigenvalue weighted by Gasteiger charge is 2.35. The first-order chi connectivity index (χ1) is 7.74. The number of methoxy groups -OCH3 is 1. The summed E-state index contributed by atoms with van der Waals surface area (Å²) < 4.78 is 10.8. The quantitative estimate of drug-likeness (QED) is 0.621. The molecule has 3 nitrogen and oxygen atoms in total. The second kappa shape index (κ2) is 4.82. The van der Waals surface area contributed by atoms with Gasteiger partial charge in [0.15, 0.2) is 5.01 Å². The number of aromatic nitrogens is 1. The molecule has 1 atom stereocenters. The number of rotatable bonds is 4. The van der Waals surface area contributed by atoms with Crippen molar-refractivity contribution in [1.82, 2.24) is 4.98 Å². The number of hydrogen-bond acceptors (Lipinski definition) is 4. The van der Waals surface area contributed by atoms with Gasteiger partial charge in [-0.15, -0.1) is 11.3 Å². The maximum absolute atomic E-state index is 6.23. The van der Waals surface area contributed by atoms with Gasteiger partial charge in [-0.1, -0.05) is 18.2 Å². The van der Waals surface area contributed by atoms with Crippen molar-refractivity contribution in [2.24, 2.45) is 0 Å². The van der Waals surface area contributed by atoms with E-state index in [9.17, 15) is 0 Å². The SMILES string of the molecule is COC(Cl)(Oc1ccccc1)c1nccs1. The van der Waals surface area contributed by atoms with Gasteiger partial charge in [-0.3, -0.25) is 0 Å². The molecule has 0 aliphatic heterocycles. The van der Waals surface area contributed by atoms with Gasteiger partial charge in [-0.2, -0.15) is 0 Å². The van der Waals surface area contributed by atoms with Crippen LogP contribution in [0.15, 0.2) is 41.9 Å². The minimum absolute atomic E-state index is 0.570. The lowest BCUT2D eigenvalue weighted by Gasteiger charge is -2.23. The standard InChI is InChI=1S/C11H10ClNO2S/c1-14-11(12,10-13-7-8-16-10)15-9-5-3-2-4-6-9/h2-8H,1H3. The van der Waals surface area contributed by atoms with Crippen molar-refractivity contribution in [2.45, 2.75) is 5.25 Å². The summed E-state index contributed by atoms with van der Waals surface area (Å²) in [6.45, 7) is 0. The fraction of sp³-hybridized carbons (Fsp3) is 0.182. The van der Waals surface area contributed by atoms with Crippen molar-refractivity contribution >= 4 is 22.9 Å². The number of nitrogens with zero attached hydrogens (tertiary/aromatic N) is 1. The summed E-state index contributed by atoms with van der Waals surface area (Å²) in [5.74, 6) is 0.634. The predicted molar refractivity (Wildman–Crippen MR) is 63.7 cm³/mol. The third-order valence-corrected chi connectivity index (χ3v) is 3.32. The Labute approximate surface area is 103 Å². The summed E-state index contributed by atoms with van der Waals surface area (Å²) in [5.41, 5.74) is 0. The van der Waals surface area contributed by atoms with Crippen molar-refractivity contribution in [2.75, 3.05) is 7.11 Å². The van der Waals surface area contributed by atoms with Crippen molar-refractivity contribution in [3.05, 3.63) is 46.9 Å². The molecule has 1 heterocycles. The molecule has 0 saturated heterocycles. The van der Waals surface area contributed by atoms with Gasteiger partial charge in [-0.25, -0.2) is 4.98 Å². The van der Waals surface area contributed by atoms with Gasteiger partial charge in [0, 0.05) is 18.7 Å². The average Bonchev–Trinajstić information content (AvgIpc) is 2.84. The minimum Gasteiger partial charge on any atom is -0.443 e. The number of hydrogen-bond donors (Lipinski definition) is 0. The molecular formula is C11H10ClNO2S. The Kier molecular flexibility index (Phi) is 3.43. The molecule has 0 saturated carbocycles. The van der Waals surface area contributed by atoms with Gasteiger partial charge in [0.2, 0.25) is 0 Å². The summed E-state index contributed by atoms with van der Waals surface area (Å²) >= 11 is 7.61. The molecule has 2 aromatic rings. The van der Waals surface area contributed by atoms with Crippen molar-refractivity contribution in [1.29, 1.82) is 0 Å². The Balaban J connectivity index is 2.23. The Bertz CT molecular complexity index is 435. The van der Waals surface area contributed by atoms with Gasteiger partial charge < -0.3 is 9.47 Å². The van der Waals surface area contributed by atoms with E-state index in [0.717, 1.165) is 0 Å². The van der Waals surface area contributed by atoms with Crippen LogP contribution in [0.5, 0.6) is 5.75 Å². The second-order valence-electron chi connectivity index (χ2n) is 2.99. The summed E-state index contributed by atoms with van der Waals surface area (Å²) in [6, 6.07) is 9.25. The van der Waals surface area contributed by atoms with Crippen LogP contribution in [-0.2, 0) is 9.98 Å². The molecule has 0 N–H and O–H groups in total. The number of para-hydroxylation sites is 1. The molecule has 5 heteroatoms. The Morgan fingerprint density at radius 1 is 1.31 bits per heavy atom. The molecule has 16 heavy (non-hydrogen) atoms. The van der Waals surface area contributed by atoms with E-state index >= 15 is 0 Å². The molecule has 1 aromatic heterocycles. The zero-order valence-electron chi connectivity index (χ0n) is 8.59. The van der Waals surface area contributed by atoms with E-state index in [2.05, 4.69) is 4.98 Å². The van der Waals surface area contributed by atoms with Crippen LogP contribution in [0.3, 0.4) is 0 Å².